The van der Waals surface area contributed by atoms with Crippen LogP contribution >= 0.6 is 0 Å². The fourth-order valence-corrected chi connectivity index (χ4v) is 1.66. The van der Waals surface area contributed by atoms with Gasteiger partial charge in [0, 0.05) is 0 Å². The fourth-order valence-electron chi connectivity index (χ4n) is 1.66. The van der Waals surface area contributed by atoms with E-state index >= 15 is 0 Å². The largest absolute Gasteiger partial charge is 0.198 e. The molecule has 1 aliphatic rings. The monoisotopic (exact) mass is 137 g/mol. The lowest BCUT2D eigenvalue weighted by atomic mass is 9.61. The van der Waals surface area contributed by atoms with Crippen LogP contribution in [0.4, 0.5) is 0 Å². The Hall–Kier alpha value is -0.510. The van der Waals surface area contributed by atoms with Gasteiger partial charge in [-0.05, 0) is 31.6 Å². The van der Waals surface area contributed by atoms with Gasteiger partial charge >= 0.3 is 0 Å². The SMILES string of the molecule is CC(C)C1CC(C)(C#N)C1. The molecule has 0 unspecified atom stereocenters. The Kier molecular flexibility index (Phi) is 1.72. The van der Waals surface area contributed by atoms with Gasteiger partial charge < -0.3 is 0 Å². The molecule has 0 spiro atoms. The highest BCUT2D eigenvalue weighted by atomic mass is 14.5. The molecule has 0 saturated heterocycles. The maximum absolute atomic E-state index is 8.69. The molecule has 0 aromatic carbocycles. The maximum atomic E-state index is 8.69. The third-order valence-electron chi connectivity index (χ3n) is 2.64. The Balaban J connectivity index is 2.38. The van der Waals surface area contributed by atoms with Crippen LogP contribution in [0, 0.1) is 28.6 Å². The first-order valence-electron chi connectivity index (χ1n) is 3.99. The predicted octanol–water partition coefficient (Wildman–Crippen LogP) is 2.58. The second-order valence-electron chi connectivity index (χ2n) is 4.08. The first-order chi connectivity index (χ1) is 4.57. The second-order valence-corrected chi connectivity index (χ2v) is 4.08. The standard InChI is InChI=1S/C9H15N/c1-7(2)8-4-9(3,5-8)6-10/h7-8H,4-5H2,1-3H3. The average Bonchev–Trinajstić information content (AvgIpc) is 1.80. The molecule has 56 valence electrons. The molecule has 1 saturated carbocycles. The van der Waals surface area contributed by atoms with Crippen LogP contribution in [-0.2, 0) is 0 Å². The molecule has 1 nitrogen and oxygen atoms in total. The summed E-state index contributed by atoms with van der Waals surface area (Å²) in [6.45, 7) is 6.54. The predicted molar refractivity (Wildman–Crippen MR) is 41.3 cm³/mol. The zero-order valence-corrected chi connectivity index (χ0v) is 7.02. The third kappa shape index (κ3) is 1.16. The minimum Gasteiger partial charge on any atom is -0.198 e. The van der Waals surface area contributed by atoms with Crippen molar-refractivity contribution in [2.75, 3.05) is 0 Å². The van der Waals surface area contributed by atoms with Gasteiger partial charge in [0.1, 0.15) is 0 Å². The van der Waals surface area contributed by atoms with Crippen LogP contribution in [0.1, 0.15) is 33.6 Å². The van der Waals surface area contributed by atoms with E-state index in [0.29, 0.717) is 0 Å². The van der Waals surface area contributed by atoms with E-state index in [1.807, 2.05) is 0 Å². The quantitative estimate of drug-likeness (QED) is 0.545. The summed E-state index contributed by atoms with van der Waals surface area (Å²) in [4.78, 5) is 0. The van der Waals surface area contributed by atoms with Crippen LogP contribution in [0.25, 0.3) is 0 Å². The lowest BCUT2D eigenvalue weighted by Gasteiger charge is -2.42. The Morgan fingerprint density at radius 1 is 1.50 bits per heavy atom. The van der Waals surface area contributed by atoms with E-state index in [0.717, 1.165) is 24.7 Å². The van der Waals surface area contributed by atoms with E-state index in [-0.39, 0.29) is 5.41 Å². The highest BCUT2D eigenvalue weighted by Gasteiger charge is 2.41. The molecule has 1 rings (SSSR count). The Bertz CT molecular complexity index is 158. The van der Waals surface area contributed by atoms with Crippen LogP contribution in [0.3, 0.4) is 0 Å². The highest BCUT2D eigenvalue weighted by Crippen LogP contribution is 2.47. The first kappa shape index (κ1) is 7.60. The lowest BCUT2D eigenvalue weighted by molar-refractivity contribution is 0.0955. The zero-order chi connectivity index (χ0) is 7.78. The van der Waals surface area contributed by atoms with Crippen molar-refractivity contribution in [3.8, 4) is 6.07 Å². The molecular formula is C9H15N. The Labute approximate surface area is 63.0 Å². The van der Waals surface area contributed by atoms with Crippen molar-refractivity contribution in [1.82, 2.24) is 0 Å². The van der Waals surface area contributed by atoms with Gasteiger partial charge in [-0.3, -0.25) is 0 Å². The smallest absolute Gasteiger partial charge is 0.0687 e. The lowest BCUT2D eigenvalue weighted by Crippen LogP contribution is -2.35. The highest BCUT2D eigenvalue weighted by molar-refractivity contribution is 5.05. The third-order valence-corrected chi connectivity index (χ3v) is 2.64. The maximum Gasteiger partial charge on any atom is 0.0687 e. The van der Waals surface area contributed by atoms with Crippen molar-refractivity contribution in [3.05, 3.63) is 0 Å². The molecule has 0 aromatic heterocycles. The first-order valence-corrected chi connectivity index (χ1v) is 3.99. The molecule has 0 heterocycles. The van der Waals surface area contributed by atoms with Gasteiger partial charge in [-0.2, -0.15) is 5.26 Å². The number of nitriles is 1. The summed E-state index contributed by atoms with van der Waals surface area (Å²) in [5.74, 6) is 1.58. The topological polar surface area (TPSA) is 23.8 Å². The molecule has 0 N–H and O–H groups in total. The van der Waals surface area contributed by atoms with Crippen molar-refractivity contribution in [1.29, 1.82) is 5.26 Å². The number of hydrogen-bond donors (Lipinski definition) is 0. The molecule has 0 aliphatic heterocycles. The van der Waals surface area contributed by atoms with Crippen molar-refractivity contribution in [2.45, 2.75) is 33.6 Å². The molecule has 1 aliphatic carbocycles. The van der Waals surface area contributed by atoms with Crippen LogP contribution in [0.2, 0.25) is 0 Å². The van der Waals surface area contributed by atoms with E-state index in [2.05, 4.69) is 26.8 Å². The molecule has 0 atom stereocenters. The van der Waals surface area contributed by atoms with Crippen molar-refractivity contribution < 1.29 is 0 Å². The minimum atomic E-state index is 0.0228. The van der Waals surface area contributed by atoms with Gasteiger partial charge in [-0.25, -0.2) is 0 Å². The zero-order valence-electron chi connectivity index (χ0n) is 7.02. The van der Waals surface area contributed by atoms with Gasteiger partial charge in [0.2, 0.25) is 0 Å². The van der Waals surface area contributed by atoms with E-state index in [1.165, 1.54) is 0 Å². The van der Waals surface area contributed by atoms with E-state index in [1.54, 1.807) is 0 Å². The van der Waals surface area contributed by atoms with Gasteiger partial charge in [-0.15, -0.1) is 0 Å². The molecule has 10 heavy (non-hydrogen) atoms. The molecule has 0 amide bonds. The summed E-state index contributed by atoms with van der Waals surface area (Å²) >= 11 is 0. The Morgan fingerprint density at radius 3 is 2.30 bits per heavy atom. The van der Waals surface area contributed by atoms with Crippen LogP contribution in [0.5, 0.6) is 0 Å². The average molecular weight is 137 g/mol. The van der Waals surface area contributed by atoms with Crippen molar-refractivity contribution >= 4 is 0 Å². The molecule has 0 radical (unpaired) electrons. The molecular weight excluding hydrogens is 122 g/mol. The second kappa shape index (κ2) is 2.27. The molecule has 0 aromatic rings. The van der Waals surface area contributed by atoms with Crippen LogP contribution in [0.15, 0.2) is 0 Å². The summed E-state index contributed by atoms with van der Waals surface area (Å²) in [5, 5.41) is 8.69. The van der Waals surface area contributed by atoms with Crippen molar-refractivity contribution in [2.24, 2.45) is 17.3 Å². The molecule has 1 fully saturated rings. The van der Waals surface area contributed by atoms with E-state index in [9.17, 15) is 0 Å². The van der Waals surface area contributed by atoms with E-state index in [4.69, 9.17) is 5.26 Å². The molecule has 0 bridgehead atoms. The molecule has 1 heteroatoms. The summed E-state index contributed by atoms with van der Waals surface area (Å²) in [5.41, 5.74) is 0.0228. The summed E-state index contributed by atoms with van der Waals surface area (Å²) in [7, 11) is 0. The summed E-state index contributed by atoms with van der Waals surface area (Å²) in [6, 6.07) is 2.36. The van der Waals surface area contributed by atoms with Crippen molar-refractivity contribution in [3.63, 3.8) is 0 Å². The number of hydrogen-bond acceptors (Lipinski definition) is 1. The van der Waals surface area contributed by atoms with Crippen LogP contribution < -0.4 is 0 Å². The summed E-state index contributed by atoms with van der Waals surface area (Å²) < 4.78 is 0. The summed E-state index contributed by atoms with van der Waals surface area (Å²) in [6.07, 6.45) is 2.22. The minimum absolute atomic E-state index is 0.0228. The normalized spacial score (nSPS) is 38.9. The van der Waals surface area contributed by atoms with Gasteiger partial charge in [-0.1, -0.05) is 13.8 Å². The van der Waals surface area contributed by atoms with Gasteiger partial charge in [0.15, 0.2) is 0 Å². The fraction of sp³-hybridized carbons (Fsp3) is 0.889. The van der Waals surface area contributed by atoms with E-state index < -0.39 is 0 Å². The van der Waals surface area contributed by atoms with Crippen LogP contribution in [-0.4, -0.2) is 0 Å². The van der Waals surface area contributed by atoms with Gasteiger partial charge in [0.25, 0.3) is 0 Å². The number of nitrogens with zero attached hydrogens (tertiary/aromatic N) is 1. The number of rotatable bonds is 1. The van der Waals surface area contributed by atoms with Gasteiger partial charge in [0.05, 0.1) is 11.5 Å². The Morgan fingerprint density at radius 2 is 2.00 bits per heavy atom.